The van der Waals surface area contributed by atoms with E-state index in [4.69, 9.17) is 0 Å². The number of amides is 4. The van der Waals surface area contributed by atoms with Gasteiger partial charge in [-0.15, -0.1) is 0 Å². The molecule has 1 saturated heterocycles. The molecule has 0 radical (unpaired) electrons. The number of hydrogen-bond acceptors (Lipinski definition) is 3. The minimum absolute atomic E-state index is 0.344. The molecule has 2 N–H and O–H groups in total. The van der Waals surface area contributed by atoms with Gasteiger partial charge in [-0.2, -0.15) is 0 Å². The van der Waals surface area contributed by atoms with Crippen molar-refractivity contribution in [3.63, 3.8) is 0 Å². The van der Waals surface area contributed by atoms with Crippen LogP contribution in [0.25, 0.3) is 0 Å². The number of halogens is 1. The second-order valence-corrected chi connectivity index (χ2v) is 6.79. The lowest BCUT2D eigenvalue weighted by atomic mass is 9.92. The summed E-state index contributed by atoms with van der Waals surface area (Å²) < 4.78 is 0.800. The van der Waals surface area contributed by atoms with Gasteiger partial charge in [0.15, 0.2) is 0 Å². The van der Waals surface area contributed by atoms with Crippen molar-refractivity contribution < 1.29 is 14.4 Å². The molecule has 0 saturated carbocycles. The number of hydrogen-bond donors (Lipinski definition) is 2. The number of para-hydroxylation sites is 1. The molecule has 1 aliphatic heterocycles. The molecule has 1 aliphatic rings. The lowest BCUT2D eigenvalue weighted by molar-refractivity contribution is -0.133. The Balaban J connectivity index is 1.76. The average molecular weight is 402 g/mol. The third kappa shape index (κ3) is 3.41. The number of anilines is 1. The lowest BCUT2D eigenvalue weighted by Crippen LogP contribution is -2.42. The molecule has 25 heavy (non-hydrogen) atoms. The molecule has 1 heterocycles. The maximum Gasteiger partial charge on any atom is 0.325 e. The molecule has 0 bridgehead atoms. The van der Waals surface area contributed by atoms with Crippen LogP contribution < -0.4 is 10.6 Å². The van der Waals surface area contributed by atoms with Crippen LogP contribution in [0.15, 0.2) is 59.1 Å². The standard InChI is InChI=1S/C18H16BrN3O3/c1-18(12-6-5-7-13(19)10-12)16(24)22(17(25)21-18)11-15(23)20-14-8-3-2-4-9-14/h2-10H,11H2,1H3,(H,20,23)(H,21,25)/t18-/m0/s1. The normalized spacial score (nSPS) is 19.7. The van der Waals surface area contributed by atoms with Gasteiger partial charge in [-0.25, -0.2) is 4.79 Å². The maximum atomic E-state index is 12.8. The Hall–Kier alpha value is -2.67. The molecule has 7 heteroatoms. The van der Waals surface area contributed by atoms with E-state index in [-0.39, 0.29) is 6.54 Å². The van der Waals surface area contributed by atoms with Crippen molar-refractivity contribution in [3.8, 4) is 0 Å². The van der Waals surface area contributed by atoms with Crippen LogP contribution in [0.1, 0.15) is 12.5 Å². The number of nitrogens with zero attached hydrogens (tertiary/aromatic N) is 1. The van der Waals surface area contributed by atoms with E-state index in [1.807, 2.05) is 12.1 Å². The van der Waals surface area contributed by atoms with Crippen LogP contribution in [0.5, 0.6) is 0 Å². The van der Waals surface area contributed by atoms with Gasteiger partial charge in [-0.1, -0.05) is 46.3 Å². The molecule has 1 atom stereocenters. The van der Waals surface area contributed by atoms with Crippen LogP contribution in [0.4, 0.5) is 10.5 Å². The first-order valence-electron chi connectivity index (χ1n) is 7.65. The van der Waals surface area contributed by atoms with Crippen LogP contribution in [0.2, 0.25) is 0 Å². The SMILES string of the molecule is C[C@@]1(c2cccc(Br)c2)NC(=O)N(CC(=O)Nc2ccccc2)C1=O. The molecule has 3 rings (SSSR count). The van der Waals surface area contributed by atoms with E-state index >= 15 is 0 Å². The fourth-order valence-electron chi connectivity index (χ4n) is 2.70. The molecule has 4 amide bonds. The number of benzene rings is 2. The summed E-state index contributed by atoms with van der Waals surface area (Å²) in [6, 6.07) is 15.4. The van der Waals surface area contributed by atoms with E-state index in [1.54, 1.807) is 49.4 Å². The minimum atomic E-state index is -1.20. The summed E-state index contributed by atoms with van der Waals surface area (Å²) in [5.74, 6) is -0.896. The van der Waals surface area contributed by atoms with Crippen molar-refractivity contribution in [2.45, 2.75) is 12.5 Å². The Morgan fingerprint density at radius 2 is 1.88 bits per heavy atom. The van der Waals surface area contributed by atoms with Crippen molar-refractivity contribution in [1.82, 2.24) is 10.2 Å². The first kappa shape index (κ1) is 17.2. The number of imide groups is 1. The predicted molar refractivity (Wildman–Crippen MR) is 96.8 cm³/mol. The van der Waals surface area contributed by atoms with Gasteiger partial charge in [0.25, 0.3) is 5.91 Å². The van der Waals surface area contributed by atoms with Crippen LogP contribution in [-0.4, -0.2) is 29.3 Å². The Morgan fingerprint density at radius 1 is 1.16 bits per heavy atom. The van der Waals surface area contributed by atoms with E-state index < -0.39 is 23.4 Å². The predicted octanol–water partition coefficient (Wildman–Crippen LogP) is 2.85. The van der Waals surface area contributed by atoms with E-state index in [1.165, 1.54) is 0 Å². The zero-order valence-corrected chi connectivity index (χ0v) is 15.0. The molecule has 2 aromatic carbocycles. The summed E-state index contributed by atoms with van der Waals surface area (Å²) in [4.78, 5) is 38.1. The van der Waals surface area contributed by atoms with E-state index in [0.717, 1.165) is 9.37 Å². The Morgan fingerprint density at radius 3 is 2.56 bits per heavy atom. The molecule has 2 aromatic rings. The summed E-state index contributed by atoms with van der Waals surface area (Å²) in [6.07, 6.45) is 0. The van der Waals surface area contributed by atoms with Gasteiger partial charge in [-0.3, -0.25) is 14.5 Å². The summed E-state index contributed by atoms with van der Waals surface area (Å²) >= 11 is 3.36. The largest absolute Gasteiger partial charge is 0.325 e. The number of carbonyl (C=O) groups excluding carboxylic acids is 3. The van der Waals surface area contributed by atoms with Crippen molar-refractivity contribution in [1.29, 1.82) is 0 Å². The minimum Gasteiger partial charge on any atom is -0.325 e. The molecule has 128 valence electrons. The quantitative estimate of drug-likeness (QED) is 0.773. The van der Waals surface area contributed by atoms with Crippen molar-refractivity contribution in [3.05, 3.63) is 64.6 Å². The van der Waals surface area contributed by atoms with Gasteiger partial charge < -0.3 is 10.6 Å². The molecule has 0 unspecified atom stereocenters. The molecular weight excluding hydrogens is 386 g/mol. The lowest BCUT2D eigenvalue weighted by Gasteiger charge is -2.22. The third-order valence-corrected chi connectivity index (χ3v) is 4.53. The van der Waals surface area contributed by atoms with E-state index in [2.05, 4.69) is 26.6 Å². The summed E-state index contributed by atoms with van der Waals surface area (Å²) in [5, 5.41) is 5.35. The Bertz CT molecular complexity index is 840. The topological polar surface area (TPSA) is 78.5 Å². The van der Waals surface area contributed by atoms with Gasteiger partial charge in [0.2, 0.25) is 5.91 Å². The molecule has 1 fully saturated rings. The number of rotatable bonds is 4. The van der Waals surface area contributed by atoms with Crippen molar-refractivity contribution in [2.75, 3.05) is 11.9 Å². The Labute approximate surface area is 153 Å². The summed E-state index contributed by atoms with van der Waals surface area (Å²) in [7, 11) is 0. The van der Waals surface area contributed by atoms with E-state index in [0.29, 0.717) is 11.3 Å². The monoisotopic (exact) mass is 401 g/mol. The number of nitrogens with one attached hydrogen (secondary N) is 2. The highest BCUT2D eigenvalue weighted by Gasteiger charge is 2.49. The molecule has 6 nitrogen and oxygen atoms in total. The smallest absolute Gasteiger partial charge is 0.325 e. The first-order chi connectivity index (χ1) is 11.9. The fraction of sp³-hybridized carbons (Fsp3) is 0.167. The highest BCUT2D eigenvalue weighted by atomic mass is 79.9. The van der Waals surface area contributed by atoms with Crippen molar-refractivity contribution in [2.24, 2.45) is 0 Å². The van der Waals surface area contributed by atoms with E-state index in [9.17, 15) is 14.4 Å². The van der Waals surface area contributed by atoms with Crippen LogP contribution in [0.3, 0.4) is 0 Å². The summed E-state index contributed by atoms with van der Waals surface area (Å²) in [5.41, 5.74) is 0.0500. The summed E-state index contributed by atoms with van der Waals surface area (Å²) in [6.45, 7) is 1.28. The number of urea groups is 1. The fourth-order valence-corrected chi connectivity index (χ4v) is 3.10. The van der Waals surface area contributed by atoms with Gasteiger partial charge >= 0.3 is 6.03 Å². The molecule has 0 aromatic heterocycles. The first-order valence-corrected chi connectivity index (χ1v) is 8.44. The van der Waals surface area contributed by atoms with Crippen molar-refractivity contribution >= 4 is 39.5 Å². The van der Waals surface area contributed by atoms with Crippen LogP contribution >= 0.6 is 15.9 Å². The molecular formula is C18H16BrN3O3. The third-order valence-electron chi connectivity index (χ3n) is 4.04. The molecule has 0 spiro atoms. The maximum absolute atomic E-state index is 12.8. The zero-order valence-electron chi connectivity index (χ0n) is 13.5. The second-order valence-electron chi connectivity index (χ2n) is 5.87. The highest BCUT2D eigenvalue weighted by molar-refractivity contribution is 9.10. The number of carbonyl (C=O) groups is 3. The zero-order chi connectivity index (χ0) is 18.0. The Kier molecular flexibility index (Phi) is 4.59. The van der Waals surface area contributed by atoms with Gasteiger partial charge in [0, 0.05) is 10.2 Å². The van der Waals surface area contributed by atoms with Gasteiger partial charge in [-0.05, 0) is 36.8 Å². The van der Waals surface area contributed by atoms with Crippen LogP contribution in [-0.2, 0) is 15.1 Å². The highest BCUT2D eigenvalue weighted by Crippen LogP contribution is 2.30. The van der Waals surface area contributed by atoms with Gasteiger partial charge in [0.1, 0.15) is 12.1 Å². The van der Waals surface area contributed by atoms with Crippen LogP contribution in [0, 0.1) is 0 Å². The molecule has 0 aliphatic carbocycles. The van der Waals surface area contributed by atoms with Gasteiger partial charge in [0.05, 0.1) is 0 Å². The second kappa shape index (κ2) is 6.68. The average Bonchev–Trinajstić information content (AvgIpc) is 2.80.